The molecule has 138 valence electrons. The predicted octanol–water partition coefficient (Wildman–Crippen LogP) is 3.13. The maximum Gasteiger partial charge on any atom is 0.360 e. The molecule has 0 bridgehead atoms. The van der Waals surface area contributed by atoms with E-state index in [9.17, 15) is 24.1 Å². The minimum Gasteiger partial charge on any atom is -0.414 e. The summed E-state index contributed by atoms with van der Waals surface area (Å²) in [6, 6.07) is 9.54. The summed E-state index contributed by atoms with van der Waals surface area (Å²) in [5, 5.41) is 16.1. The van der Waals surface area contributed by atoms with Gasteiger partial charge in [0.1, 0.15) is 11.5 Å². The molecule has 0 radical (unpaired) electrons. The van der Waals surface area contributed by atoms with Crippen LogP contribution in [0.5, 0.6) is 5.75 Å². The standard InChI is InChI=1S/C18H14FN3O5/c1-11-3-2-4-13(9-11)21-17(23)8-6-14(20-21)18(24)27-16-10-12(19)5-7-15(16)22(25)26/h2-5,7,9-10H,6,8H2,1H3. The Balaban J connectivity index is 1.89. The largest absolute Gasteiger partial charge is 0.414 e. The zero-order chi connectivity index (χ0) is 19.6. The van der Waals surface area contributed by atoms with Crippen LogP contribution in [0, 0.1) is 22.9 Å². The second-order valence-corrected chi connectivity index (χ2v) is 5.85. The van der Waals surface area contributed by atoms with Gasteiger partial charge in [0.25, 0.3) is 0 Å². The minimum absolute atomic E-state index is 0.0170. The zero-order valence-electron chi connectivity index (χ0n) is 14.2. The smallest absolute Gasteiger partial charge is 0.360 e. The van der Waals surface area contributed by atoms with Crippen LogP contribution in [0.4, 0.5) is 15.8 Å². The van der Waals surface area contributed by atoms with Crippen LogP contribution in [0.25, 0.3) is 0 Å². The van der Waals surface area contributed by atoms with Crippen LogP contribution in [0.15, 0.2) is 47.6 Å². The van der Waals surface area contributed by atoms with Crippen LogP contribution >= 0.6 is 0 Å². The van der Waals surface area contributed by atoms with Gasteiger partial charge >= 0.3 is 11.7 Å². The predicted molar refractivity (Wildman–Crippen MR) is 94.0 cm³/mol. The monoisotopic (exact) mass is 371 g/mol. The van der Waals surface area contributed by atoms with Crippen molar-refractivity contribution in [2.24, 2.45) is 5.10 Å². The van der Waals surface area contributed by atoms with E-state index < -0.39 is 28.1 Å². The highest BCUT2D eigenvalue weighted by atomic mass is 19.1. The quantitative estimate of drug-likeness (QED) is 0.356. The van der Waals surface area contributed by atoms with Gasteiger partial charge in [0.05, 0.1) is 10.6 Å². The van der Waals surface area contributed by atoms with Gasteiger partial charge in [-0.1, -0.05) is 12.1 Å². The molecule has 0 spiro atoms. The highest BCUT2D eigenvalue weighted by Crippen LogP contribution is 2.28. The van der Waals surface area contributed by atoms with Crippen LogP contribution in [-0.2, 0) is 9.59 Å². The normalized spacial score (nSPS) is 13.9. The van der Waals surface area contributed by atoms with Gasteiger partial charge in [0.2, 0.25) is 11.7 Å². The third-order valence-electron chi connectivity index (χ3n) is 3.84. The van der Waals surface area contributed by atoms with Crippen molar-refractivity contribution in [1.82, 2.24) is 0 Å². The number of aryl methyl sites for hydroxylation is 1. The molecule has 0 aliphatic carbocycles. The molecule has 2 aromatic carbocycles. The molecule has 0 saturated carbocycles. The Morgan fingerprint density at radius 3 is 2.74 bits per heavy atom. The Hall–Kier alpha value is -3.62. The molecule has 0 aromatic heterocycles. The Bertz CT molecular complexity index is 973. The molecule has 1 aliphatic heterocycles. The second-order valence-electron chi connectivity index (χ2n) is 5.85. The van der Waals surface area contributed by atoms with E-state index in [4.69, 9.17) is 4.74 Å². The third-order valence-corrected chi connectivity index (χ3v) is 3.84. The number of benzene rings is 2. The molecule has 8 nitrogen and oxygen atoms in total. The van der Waals surface area contributed by atoms with E-state index in [2.05, 4.69) is 5.10 Å². The van der Waals surface area contributed by atoms with Crippen LogP contribution in [0.1, 0.15) is 18.4 Å². The molecule has 9 heteroatoms. The summed E-state index contributed by atoms with van der Waals surface area (Å²) in [6.45, 7) is 1.85. The van der Waals surface area contributed by atoms with Gasteiger partial charge in [-0.05, 0) is 30.7 Å². The molecule has 0 N–H and O–H groups in total. The summed E-state index contributed by atoms with van der Waals surface area (Å²) < 4.78 is 18.4. The van der Waals surface area contributed by atoms with Crippen molar-refractivity contribution in [1.29, 1.82) is 0 Å². The molecule has 27 heavy (non-hydrogen) atoms. The highest BCUT2D eigenvalue weighted by Gasteiger charge is 2.28. The number of hydrogen-bond acceptors (Lipinski definition) is 6. The van der Waals surface area contributed by atoms with Crippen LogP contribution in [0.3, 0.4) is 0 Å². The number of ether oxygens (including phenoxy) is 1. The summed E-state index contributed by atoms with van der Waals surface area (Å²) >= 11 is 0. The van der Waals surface area contributed by atoms with Crippen molar-refractivity contribution in [3.05, 3.63) is 64.0 Å². The molecule has 2 aromatic rings. The van der Waals surface area contributed by atoms with Gasteiger partial charge in [-0.2, -0.15) is 5.10 Å². The third kappa shape index (κ3) is 3.97. The van der Waals surface area contributed by atoms with Crippen molar-refractivity contribution in [2.45, 2.75) is 19.8 Å². The SMILES string of the molecule is Cc1cccc(N2N=C(C(=O)Oc3cc(F)ccc3[N+](=O)[O-])CCC2=O)c1. The lowest BCUT2D eigenvalue weighted by Crippen LogP contribution is -2.35. The Morgan fingerprint density at radius 1 is 1.26 bits per heavy atom. The number of rotatable bonds is 4. The number of amides is 1. The molecule has 1 aliphatic rings. The van der Waals surface area contributed by atoms with E-state index in [-0.39, 0.29) is 24.5 Å². The molecular formula is C18H14FN3O5. The van der Waals surface area contributed by atoms with Gasteiger partial charge in [-0.15, -0.1) is 0 Å². The molecule has 3 rings (SSSR count). The number of halogens is 1. The fraction of sp³-hybridized carbons (Fsp3) is 0.167. The average Bonchev–Trinajstić information content (AvgIpc) is 2.61. The Labute approximate surface area is 153 Å². The first-order valence-electron chi connectivity index (χ1n) is 7.98. The molecule has 0 saturated heterocycles. The van der Waals surface area contributed by atoms with Crippen molar-refractivity contribution < 1.29 is 23.6 Å². The number of esters is 1. The summed E-state index contributed by atoms with van der Waals surface area (Å²) in [7, 11) is 0. The number of carbonyl (C=O) groups is 2. The number of hydrazone groups is 1. The summed E-state index contributed by atoms with van der Waals surface area (Å²) in [5.41, 5.74) is 0.754. The van der Waals surface area contributed by atoms with E-state index in [1.54, 1.807) is 18.2 Å². The number of nitrogens with zero attached hydrogens (tertiary/aromatic N) is 3. The van der Waals surface area contributed by atoms with Crippen molar-refractivity contribution in [3.63, 3.8) is 0 Å². The zero-order valence-corrected chi connectivity index (χ0v) is 14.2. The van der Waals surface area contributed by atoms with E-state index >= 15 is 0 Å². The maximum atomic E-state index is 13.4. The van der Waals surface area contributed by atoms with Gasteiger partial charge in [0, 0.05) is 25.0 Å². The van der Waals surface area contributed by atoms with Gasteiger partial charge in [-0.25, -0.2) is 14.2 Å². The lowest BCUT2D eigenvalue weighted by molar-refractivity contribution is -0.385. The summed E-state index contributed by atoms with van der Waals surface area (Å²) in [5.74, 6) is -2.58. The Kier molecular flexibility index (Phi) is 4.93. The average molecular weight is 371 g/mol. The molecule has 0 fully saturated rings. The topological polar surface area (TPSA) is 102 Å². The van der Waals surface area contributed by atoms with E-state index in [1.165, 1.54) is 0 Å². The van der Waals surface area contributed by atoms with Gasteiger partial charge in [-0.3, -0.25) is 14.9 Å². The van der Waals surface area contributed by atoms with Gasteiger partial charge < -0.3 is 4.74 Å². The molecule has 1 amide bonds. The van der Waals surface area contributed by atoms with Gasteiger partial charge in [0.15, 0.2) is 0 Å². The number of carbonyl (C=O) groups excluding carboxylic acids is 2. The van der Waals surface area contributed by atoms with E-state index in [0.29, 0.717) is 5.69 Å². The number of nitro groups is 1. The van der Waals surface area contributed by atoms with Crippen molar-refractivity contribution in [2.75, 3.05) is 5.01 Å². The minimum atomic E-state index is -0.978. The number of nitro benzene ring substituents is 1. The Morgan fingerprint density at radius 2 is 2.04 bits per heavy atom. The summed E-state index contributed by atoms with van der Waals surface area (Å²) in [4.78, 5) is 34.7. The van der Waals surface area contributed by atoms with E-state index in [1.807, 2.05) is 13.0 Å². The first-order valence-corrected chi connectivity index (χ1v) is 7.98. The second kappa shape index (κ2) is 7.32. The maximum absolute atomic E-state index is 13.4. The fourth-order valence-corrected chi connectivity index (χ4v) is 2.54. The molecule has 0 unspecified atom stereocenters. The fourth-order valence-electron chi connectivity index (χ4n) is 2.54. The van der Waals surface area contributed by atoms with Crippen molar-refractivity contribution in [3.8, 4) is 5.75 Å². The van der Waals surface area contributed by atoms with Crippen LogP contribution in [-0.4, -0.2) is 22.5 Å². The first kappa shape index (κ1) is 18.2. The molecular weight excluding hydrogens is 357 g/mol. The van der Waals surface area contributed by atoms with Crippen molar-refractivity contribution >= 4 is 29.0 Å². The first-order chi connectivity index (χ1) is 12.8. The lowest BCUT2D eigenvalue weighted by atomic mass is 10.1. The molecule has 0 atom stereocenters. The summed E-state index contributed by atoms with van der Waals surface area (Å²) in [6.07, 6.45) is 0.0379. The highest BCUT2D eigenvalue weighted by molar-refractivity contribution is 6.38. The van der Waals surface area contributed by atoms with Crippen LogP contribution in [0.2, 0.25) is 0 Å². The van der Waals surface area contributed by atoms with E-state index in [0.717, 1.165) is 28.8 Å². The number of hydrogen-bond donors (Lipinski definition) is 0. The lowest BCUT2D eigenvalue weighted by Gasteiger charge is -2.23. The molecule has 1 heterocycles. The van der Waals surface area contributed by atoms with Crippen LogP contribution < -0.4 is 9.75 Å². The number of anilines is 1.